The van der Waals surface area contributed by atoms with Crippen molar-refractivity contribution in [2.45, 2.75) is 10.9 Å². The number of carbonyl (C=O) groups is 1. The Kier molecular flexibility index (Phi) is 2.44. The molecule has 1 heterocycles. The normalized spacial score (nSPS) is 18.3. The summed E-state index contributed by atoms with van der Waals surface area (Å²) in [6.45, 7) is 0. The Labute approximate surface area is 96.9 Å². The summed E-state index contributed by atoms with van der Waals surface area (Å²) in [5, 5.41) is 18.2. The molecule has 1 aromatic carbocycles. The molecule has 0 aromatic heterocycles. The van der Waals surface area contributed by atoms with E-state index in [4.69, 9.17) is 10.8 Å². The van der Waals surface area contributed by atoms with E-state index in [0.29, 0.717) is 0 Å². The second kappa shape index (κ2) is 3.57. The predicted octanol–water partition coefficient (Wildman–Crippen LogP) is -0.0677. The zero-order valence-corrected chi connectivity index (χ0v) is 9.31. The Balaban J connectivity index is 2.67. The number of hydrogen-bond donors (Lipinski definition) is 3. The van der Waals surface area contributed by atoms with Gasteiger partial charge in [0.25, 0.3) is 0 Å². The van der Waals surface area contributed by atoms with Crippen molar-refractivity contribution >= 4 is 21.9 Å². The van der Waals surface area contributed by atoms with Crippen molar-refractivity contribution < 1.29 is 23.4 Å². The van der Waals surface area contributed by atoms with Crippen molar-refractivity contribution in [2.24, 2.45) is 5.73 Å². The molecule has 4 N–H and O–H groups in total. The van der Waals surface area contributed by atoms with Crippen LogP contribution in [0, 0.1) is 0 Å². The number of nitrogens with two attached hydrogens (primary N) is 1. The van der Waals surface area contributed by atoms with Gasteiger partial charge in [0.05, 0.1) is 9.80 Å². The smallest absolute Gasteiger partial charge is 0.325 e. The van der Waals surface area contributed by atoms with Crippen molar-refractivity contribution in [1.82, 2.24) is 0 Å². The van der Waals surface area contributed by atoms with E-state index < -0.39 is 26.8 Å². The first-order valence-electron chi connectivity index (χ1n) is 4.62. The van der Waals surface area contributed by atoms with Gasteiger partial charge in [0.2, 0.25) is 9.84 Å². The van der Waals surface area contributed by atoms with Gasteiger partial charge in [-0.3, -0.25) is 4.79 Å². The second-order valence-corrected chi connectivity index (χ2v) is 5.47. The number of aliphatic carboxylic acids is 1. The summed E-state index contributed by atoms with van der Waals surface area (Å²) in [5.41, 5.74) is 5.38. The third kappa shape index (κ3) is 1.60. The van der Waals surface area contributed by atoms with Crippen LogP contribution in [0.4, 0.5) is 0 Å². The molecule has 7 heteroatoms. The fourth-order valence-electron chi connectivity index (χ4n) is 1.64. The van der Waals surface area contributed by atoms with Crippen molar-refractivity contribution in [1.29, 1.82) is 0 Å². The average Bonchev–Trinajstić information content (AvgIpc) is 2.51. The third-order valence-electron chi connectivity index (χ3n) is 2.50. The number of benzene rings is 1. The van der Waals surface area contributed by atoms with Crippen molar-refractivity contribution in [2.75, 3.05) is 0 Å². The summed E-state index contributed by atoms with van der Waals surface area (Å²) >= 11 is 0. The first-order chi connectivity index (χ1) is 7.85. The van der Waals surface area contributed by atoms with Gasteiger partial charge in [0.1, 0.15) is 11.8 Å². The number of fused-ring (bicyclic) bond motifs is 1. The van der Waals surface area contributed by atoms with E-state index in [-0.39, 0.29) is 16.2 Å². The summed E-state index contributed by atoms with van der Waals surface area (Å²) in [4.78, 5) is 10.2. The minimum Gasteiger partial charge on any atom is -0.507 e. The highest BCUT2D eigenvalue weighted by molar-refractivity contribution is 7.96. The van der Waals surface area contributed by atoms with Crippen molar-refractivity contribution in [3.8, 4) is 5.75 Å². The average molecular weight is 255 g/mol. The highest BCUT2D eigenvalue weighted by Gasteiger charge is 2.37. The highest BCUT2D eigenvalue weighted by atomic mass is 32.2. The zero-order valence-electron chi connectivity index (χ0n) is 8.49. The van der Waals surface area contributed by atoms with Gasteiger partial charge in [-0.15, -0.1) is 0 Å². The number of carboxylic acid groups (broad SMARTS) is 1. The Morgan fingerprint density at radius 1 is 1.35 bits per heavy atom. The molecule has 1 aromatic rings. The minimum absolute atomic E-state index is 0.0826. The Morgan fingerprint density at radius 2 is 2.00 bits per heavy atom. The maximum Gasteiger partial charge on any atom is 0.325 e. The molecular formula is C10H9NO5S. The molecule has 0 bridgehead atoms. The van der Waals surface area contributed by atoms with Crippen LogP contribution in [0.3, 0.4) is 0 Å². The van der Waals surface area contributed by atoms with Crippen molar-refractivity contribution in [3.63, 3.8) is 0 Å². The van der Waals surface area contributed by atoms with Gasteiger partial charge in [-0.1, -0.05) is 6.07 Å². The fraction of sp³-hybridized carbons (Fsp3) is 0.100. The quantitative estimate of drug-likeness (QED) is 0.681. The van der Waals surface area contributed by atoms with E-state index in [1.807, 2.05) is 0 Å². The molecule has 0 spiro atoms. The van der Waals surface area contributed by atoms with Crippen LogP contribution in [0.15, 0.2) is 28.0 Å². The molecule has 2 rings (SSSR count). The van der Waals surface area contributed by atoms with E-state index in [1.54, 1.807) is 0 Å². The lowest BCUT2D eigenvalue weighted by molar-refractivity contribution is -0.137. The molecule has 0 aliphatic carbocycles. The lowest BCUT2D eigenvalue weighted by Crippen LogP contribution is -2.34. The molecule has 0 fully saturated rings. The number of phenolic OH excluding ortho intramolecular Hbond substituents is 1. The number of carboxylic acids is 1. The molecule has 17 heavy (non-hydrogen) atoms. The monoisotopic (exact) mass is 255 g/mol. The van der Waals surface area contributed by atoms with Gasteiger partial charge in [0.15, 0.2) is 0 Å². The number of hydrogen-bond acceptors (Lipinski definition) is 5. The van der Waals surface area contributed by atoms with E-state index >= 15 is 0 Å². The van der Waals surface area contributed by atoms with Gasteiger partial charge in [-0.2, -0.15) is 0 Å². The van der Waals surface area contributed by atoms with E-state index in [0.717, 1.165) is 6.08 Å². The summed E-state index contributed by atoms with van der Waals surface area (Å²) in [6.07, 6.45) is 1.10. The topological polar surface area (TPSA) is 118 Å². The first kappa shape index (κ1) is 11.6. The first-order valence-corrected chi connectivity index (χ1v) is 6.11. The van der Waals surface area contributed by atoms with Crippen LogP contribution in [0.25, 0.3) is 6.08 Å². The van der Waals surface area contributed by atoms with E-state index in [9.17, 15) is 18.3 Å². The summed E-state index contributed by atoms with van der Waals surface area (Å²) in [7, 11) is -3.92. The van der Waals surface area contributed by atoms with Crippen LogP contribution in [-0.4, -0.2) is 30.6 Å². The minimum atomic E-state index is -3.92. The lowest BCUT2D eigenvalue weighted by atomic mass is 10.1. The van der Waals surface area contributed by atoms with Gasteiger partial charge in [-0.25, -0.2) is 8.42 Å². The number of sulfone groups is 1. The SMILES string of the molecule is NC(C(=O)O)C1=Cc2c(O)cccc2S1(=O)=O. The number of phenols is 1. The molecule has 1 aliphatic rings. The molecule has 90 valence electrons. The van der Waals surface area contributed by atoms with Crippen LogP contribution < -0.4 is 5.73 Å². The Morgan fingerprint density at radius 3 is 2.53 bits per heavy atom. The molecule has 1 aliphatic heterocycles. The summed E-state index contributed by atoms with van der Waals surface area (Å²) < 4.78 is 23.9. The maximum absolute atomic E-state index is 12.0. The van der Waals surface area contributed by atoms with Crippen molar-refractivity contribution in [3.05, 3.63) is 28.7 Å². The molecule has 1 atom stereocenters. The van der Waals surface area contributed by atoms with Gasteiger partial charge >= 0.3 is 5.97 Å². The molecule has 1 unspecified atom stereocenters. The van der Waals surface area contributed by atoms with Crippen LogP contribution in [0.5, 0.6) is 5.75 Å². The van der Waals surface area contributed by atoms with Crippen LogP contribution >= 0.6 is 0 Å². The van der Waals surface area contributed by atoms with E-state index in [1.165, 1.54) is 18.2 Å². The van der Waals surface area contributed by atoms with Crippen LogP contribution in [0.1, 0.15) is 5.56 Å². The van der Waals surface area contributed by atoms with Crippen LogP contribution in [0.2, 0.25) is 0 Å². The maximum atomic E-state index is 12.0. The Hall–Kier alpha value is -1.86. The van der Waals surface area contributed by atoms with Crippen LogP contribution in [-0.2, 0) is 14.6 Å². The zero-order chi connectivity index (χ0) is 12.8. The third-order valence-corrected chi connectivity index (χ3v) is 4.43. The molecule has 0 saturated carbocycles. The highest BCUT2D eigenvalue weighted by Crippen LogP contribution is 2.38. The fourth-order valence-corrected chi connectivity index (χ4v) is 3.31. The van der Waals surface area contributed by atoms with E-state index in [2.05, 4.69) is 0 Å². The predicted molar refractivity (Wildman–Crippen MR) is 58.9 cm³/mol. The second-order valence-electron chi connectivity index (χ2n) is 3.56. The van der Waals surface area contributed by atoms with Gasteiger partial charge in [0, 0.05) is 5.56 Å². The lowest BCUT2D eigenvalue weighted by Gasteiger charge is -2.07. The number of rotatable bonds is 2. The molecular weight excluding hydrogens is 246 g/mol. The standard InChI is InChI=1S/C10H9NO5S/c11-9(10(13)14)8-4-5-6(12)2-1-3-7(5)17(8,15)16/h1-4,9,12H,11H2,(H,13,14). The largest absolute Gasteiger partial charge is 0.507 e. The molecule has 0 saturated heterocycles. The van der Waals surface area contributed by atoms with Gasteiger partial charge in [-0.05, 0) is 18.2 Å². The molecule has 0 amide bonds. The van der Waals surface area contributed by atoms with Gasteiger partial charge < -0.3 is 15.9 Å². The number of aromatic hydroxyl groups is 1. The Bertz CT molecular complexity index is 632. The molecule has 0 radical (unpaired) electrons. The molecule has 6 nitrogen and oxygen atoms in total. The summed E-state index contributed by atoms with van der Waals surface area (Å²) in [5.74, 6) is -1.66. The summed E-state index contributed by atoms with van der Waals surface area (Å²) in [6, 6.07) is 2.35.